The van der Waals surface area contributed by atoms with E-state index in [1.807, 2.05) is 6.92 Å². The fraction of sp³-hybridized carbons (Fsp3) is 0.364. The van der Waals surface area contributed by atoms with Gasteiger partial charge in [0.2, 0.25) is 0 Å². The van der Waals surface area contributed by atoms with Crippen LogP contribution in [0.25, 0.3) is 0 Å². The van der Waals surface area contributed by atoms with E-state index in [9.17, 15) is 9.59 Å². The smallest absolute Gasteiger partial charge is 0.255 e. The third-order valence-corrected chi connectivity index (χ3v) is 4.44. The number of likely N-dealkylation sites (N-methyl/N-ethyl adjacent to an activating group) is 1. The lowest BCUT2D eigenvalue weighted by atomic mass is 10.1. The Morgan fingerprint density at radius 2 is 1.43 bits per heavy atom. The lowest BCUT2D eigenvalue weighted by molar-refractivity contribution is 0.0948. The van der Waals surface area contributed by atoms with Gasteiger partial charge in [0.25, 0.3) is 11.8 Å². The highest BCUT2D eigenvalue weighted by molar-refractivity contribution is 6.04. The van der Waals surface area contributed by atoms with E-state index in [0.717, 1.165) is 25.4 Å². The molecular weight excluding hydrogens is 354 g/mol. The molecule has 0 bridgehead atoms. The van der Waals surface area contributed by atoms with Crippen LogP contribution >= 0.6 is 0 Å². The zero-order valence-electron chi connectivity index (χ0n) is 16.8. The van der Waals surface area contributed by atoms with Crippen LogP contribution in [0, 0.1) is 0 Å². The number of rotatable bonds is 10. The Hall–Kier alpha value is -2.86. The molecule has 0 atom stereocenters. The van der Waals surface area contributed by atoms with E-state index in [0.29, 0.717) is 30.0 Å². The molecule has 0 unspecified atom stereocenters. The third-order valence-electron chi connectivity index (χ3n) is 4.44. The summed E-state index contributed by atoms with van der Waals surface area (Å²) in [5, 5.41) is 5.75. The lowest BCUT2D eigenvalue weighted by Crippen LogP contribution is -2.34. The lowest BCUT2D eigenvalue weighted by Gasteiger charge is -2.18. The minimum atomic E-state index is -0.209. The number of amides is 2. The van der Waals surface area contributed by atoms with E-state index in [2.05, 4.69) is 29.4 Å². The minimum Gasteiger partial charge on any atom is -0.494 e. The average Bonchev–Trinajstić information content (AvgIpc) is 2.72. The van der Waals surface area contributed by atoms with Crippen LogP contribution in [0.2, 0.25) is 0 Å². The van der Waals surface area contributed by atoms with Crippen LogP contribution in [0.15, 0.2) is 48.5 Å². The first kappa shape index (κ1) is 21.4. The largest absolute Gasteiger partial charge is 0.494 e. The zero-order chi connectivity index (χ0) is 20.4. The van der Waals surface area contributed by atoms with Crippen molar-refractivity contribution in [1.82, 2.24) is 10.2 Å². The predicted molar refractivity (Wildman–Crippen MR) is 112 cm³/mol. The van der Waals surface area contributed by atoms with Crippen molar-refractivity contribution in [1.29, 1.82) is 0 Å². The molecule has 0 saturated carbocycles. The van der Waals surface area contributed by atoms with E-state index < -0.39 is 0 Å². The number of ether oxygens (including phenoxy) is 1. The van der Waals surface area contributed by atoms with Gasteiger partial charge in [-0.2, -0.15) is 0 Å². The molecule has 0 spiro atoms. The summed E-state index contributed by atoms with van der Waals surface area (Å²) in [6.45, 7) is 10.1. The molecular formula is C22H29N3O3. The molecule has 6 heteroatoms. The van der Waals surface area contributed by atoms with E-state index in [4.69, 9.17) is 4.74 Å². The van der Waals surface area contributed by atoms with Crippen LogP contribution in [0.4, 0.5) is 5.69 Å². The van der Waals surface area contributed by atoms with E-state index >= 15 is 0 Å². The highest BCUT2D eigenvalue weighted by Crippen LogP contribution is 2.15. The van der Waals surface area contributed by atoms with Gasteiger partial charge in [0, 0.05) is 29.9 Å². The molecule has 0 aliphatic rings. The number of benzene rings is 2. The number of carbonyl (C=O) groups excluding carboxylic acids is 2. The van der Waals surface area contributed by atoms with Crippen LogP contribution in [-0.4, -0.2) is 49.5 Å². The normalized spacial score (nSPS) is 10.6. The molecule has 28 heavy (non-hydrogen) atoms. The molecule has 0 radical (unpaired) electrons. The molecule has 0 saturated heterocycles. The van der Waals surface area contributed by atoms with Crippen LogP contribution < -0.4 is 15.4 Å². The first-order valence-electron chi connectivity index (χ1n) is 9.72. The molecule has 2 amide bonds. The van der Waals surface area contributed by atoms with Crippen LogP contribution in [0.5, 0.6) is 5.75 Å². The SMILES string of the molecule is CCOc1ccc(C(=O)Nc2ccc(C(=O)NCCN(CC)CC)cc2)cc1. The van der Waals surface area contributed by atoms with Gasteiger partial charge in [-0.15, -0.1) is 0 Å². The topological polar surface area (TPSA) is 70.7 Å². The third kappa shape index (κ3) is 6.39. The molecule has 0 aliphatic carbocycles. The average molecular weight is 383 g/mol. The van der Waals surface area contributed by atoms with E-state index in [1.165, 1.54) is 0 Å². The fourth-order valence-electron chi connectivity index (χ4n) is 2.75. The zero-order valence-corrected chi connectivity index (χ0v) is 16.8. The van der Waals surface area contributed by atoms with E-state index in [1.54, 1.807) is 48.5 Å². The standard InChI is InChI=1S/C22H29N3O3/c1-4-25(5-2)16-15-23-21(26)17-7-11-19(12-8-17)24-22(27)18-9-13-20(14-10-18)28-6-3/h7-14H,4-6,15-16H2,1-3H3,(H,23,26)(H,24,27). The van der Waals surface area contributed by atoms with Crippen LogP contribution in [-0.2, 0) is 0 Å². The fourth-order valence-corrected chi connectivity index (χ4v) is 2.75. The highest BCUT2D eigenvalue weighted by Gasteiger charge is 2.09. The van der Waals surface area contributed by atoms with Gasteiger partial charge in [-0.25, -0.2) is 0 Å². The Morgan fingerprint density at radius 1 is 0.857 bits per heavy atom. The number of hydrogen-bond acceptors (Lipinski definition) is 4. The number of anilines is 1. The molecule has 2 N–H and O–H groups in total. The monoisotopic (exact) mass is 383 g/mol. The first-order valence-corrected chi connectivity index (χ1v) is 9.72. The van der Waals surface area contributed by atoms with Gasteiger partial charge in [0.05, 0.1) is 6.61 Å². The maximum absolute atomic E-state index is 12.3. The maximum atomic E-state index is 12.3. The second-order valence-electron chi connectivity index (χ2n) is 6.27. The van der Waals surface area contributed by atoms with Crippen molar-refractivity contribution < 1.29 is 14.3 Å². The van der Waals surface area contributed by atoms with Crippen LogP contribution in [0.1, 0.15) is 41.5 Å². The maximum Gasteiger partial charge on any atom is 0.255 e. The molecule has 2 aromatic rings. The second kappa shape index (κ2) is 11.1. The van der Waals surface area contributed by atoms with Gasteiger partial charge < -0.3 is 20.3 Å². The van der Waals surface area contributed by atoms with Gasteiger partial charge in [0.1, 0.15) is 5.75 Å². The molecule has 2 aromatic carbocycles. The van der Waals surface area contributed by atoms with Crippen molar-refractivity contribution in [2.24, 2.45) is 0 Å². The summed E-state index contributed by atoms with van der Waals surface area (Å²) in [4.78, 5) is 26.8. The van der Waals surface area contributed by atoms with Gasteiger partial charge in [0.15, 0.2) is 0 Å². The summed E-state index contributed by atoms with van der Waals surface area (Å²) >= 11 is 0. The van der Waals surface area contributed by atoms with Crippen molar-refractivity contribution in [3.63, 3.8) is 0 Å². The van der Waals surface area contributed by atoms with Gasteiger partial charge in [-0.05, 0) is 68.5 Å². The minimum absolute atomic E-state index is 0.114. The molecule has 150 valence electrons. The van der Waals surface area contributed by atoms with Crippen molar-refractivity contribution >= 4 is 17.5 Å². The van der Waals surface area contributed by atoms with Gasteiger partial charge >= 0.3 is 0 Å². The number of nitrogens with one attached hydrogen (secondary N) is 2. The summed E-state index contributed by atoms with van der Waals surface area (Å²) in [6, 6.07) is 13.9. The Balaban J connectivity index is 1.87. The predicted octanol–water partition coefficient (Wildman–Crippen LogP) is 3.41. The second-order valence-corrected chi connectivity index (χ2v) is 6.27. The molecule has 2 rings (SSSR count). The van der Waals surface area contributed by atoms with Crippen molar-refractivity contribution in [3.8, 4) is 5.75 Å². The number of carbonyl (C=O) groups is 2. The Kier molecular flexibility index (Phi) is 8.49. The van der Waals surface area contributed by atoms with Gasteiger partial charge in [-0.3, -0.25) is 9.59 Å². The number of nitrogens with zero attached hydrogens (tertiary/aromatic N) is 1. The summed E-state index contributed by atoms with van der Waals surface area (Å²) in [5.41, 5.74) is 1.75. The Morgan fingerprint density at radius 3 is 2.00 bits per heavy atom. The van der Waals surface area contributed by atoms with Crippen molar-refractivity contribution in [2.75, 3.05) is 38.1 Å². The molecule has 0 heterocycles. The van der Waals surface area contributed by atoms with Crippen LogP contribution in [0.3, 0.4) is 0 Å². The Bertz CT molecular complexity index is 754. The van der Waals surface area contributed by atoms with Crippen molar-refractivity contribution in [2.45, 2.75) is 20.8 Å². The summed E-state index contributed by atoms with van der Waals surface area (Å²) in [6.07, 6.45) is 0. The first-order chi connectivity index (χ1) is 13.6. The number of hydrogen-bond donors (Lipinski definition) is 2. The molecule has 0 aliphatic heterocycles. The van der Waals surface area contributed by atoms with Gasteiger partial charge in [-0.1, -0.05) is 13.8 Å². The van der Waals surface area contributed by atoms with E-state index in [-0.39, 0.29) is 11.8 Å². The molecule has 6 nitrogen and oxygen atoms in total. The van der Waals surface area contributed by atoms with Crippen molar-refractivity contribution in [3.05, 3.63) is 59.7 Å². The molecule has 0 fully saturated rings. The molecule has 0 aromatic heterocycles. The highest BCUT2D eigenvalue weighted by atomic mass is 16.5. The summed E-state index contributed by atoms with van der Waals surface area (Å²) < 4.78 is 5.38. The summed E-state index contributed by atoms with van der Waals surface area (Å²) in [5.74, 6) is 0.409. The Labute approximate surface area is 166 Å². The quantitative estimate of drug-likeness (QED) is 0.660. The summed E-state index contributed by atoms with van der Waals surface area (Å²) in [7, 11) is 0.